The summed E-state index contributed by atoms with van der Waals surface area (Å²) in [6.07, 6.45) is 0.743. The van der Waals surface area contributed by atoms with Crippen LogP contribution in [0.5, 0.6) is 0 Å². The van der Waals surface area contributed by atoms with Crippen LogP contribution < -0.4 is 5.73 Å². The second kappa shape index (κ2) is 3.74. The largest absolute Gasteiger partial charge is 0.395 e. The zero-order valence-electron chi connectivity index (χ0n) is 7.59. The van der Waals surface area contributed by atoms with Gasteiger partial charge in [-0.05, 0) is 31.9 Å². The molecule has 3 nitrogen and oxygen atoms in total. The summed E-state index contributed by atoms with van der Waals surface area (Å²) in [5.74, 6) is 0. The van der Waals surface area contributed by atoms with E-state index in [4.69, 9.17) is 10.8 Å². The summed E-state index contributed by atoms with van der Waals surface area (Å²) in [5, 5.41) is 8.76. The van der Waals surface area contributed by atoms with Crippen LogP contribution in [0.1, 0.15) is 17.0 Å². The Morgan fingerprint density at radius 2 is 2.25 bits per heavy atom. The minimum atomic E-state index is -0.140. The van der Waals surface area contributed by atoms with E-state index in [1.165, 1.54) is 5.56 Å². The van der Waals surface area contributed by atoms with Crippen molar-refractivity contribution in [3.8, 4) is 0 Å². The van der Waals surface area contributed by atoms with Crippen LogP contribution in [0.3, 0.4) is 0 Å². The van der Waals surface area contributed by atoms with Crippen molar-refractivity contribution in [1.29, 1.82) is 0 Å². The molecule has 68 valence electrons. The second-order valence-electron chi connectivity index (χ2n) is 3.25. The standard InChI is InChI=1S/C9H16N2O/c1-6-3-8(7(2)11-6)4-9(10)5-12/h3,9,11-12H,4-5,10H2,1-2H3. The molecule has 4 N–H and O–H groups in total. The van der Waals surface area contributed by atoms with Gasteiger partial charge in [-0.15, -0.1) is 0 Å². The number of aliphatic hydroxyl groups is 1. The lowest BCUT2D eigenvalue weighted by Gasteiger charge is -2.06. The van der Waals surface area contributed by atoms with Gasteiger partial charge in [-0.3, -0.25) is 0 Å². The molecule has 0 saturated heterocycles. The third-order valence-electron chi connectivity index (χ3n) is 1.97. The molecule has 1 rings (SSSR count). The molecule has 0 bridgehead atoms. The van der Waals surface area contributed by atoms with Gasteiger partial charge in [0.25, 0.3) is 0 Å². The Morgan fingerprint density at radius 1 is 1.58 bits per heavy atom. The molecule has 3 heteroatoms. The van der Waals surface area contributed by atoms with Gasteiger partial charge in [0, 0.05) is 17.4 Å². The molecule has 1 atom stereocenters. The number of nitrogens with one attached hydrogen (secondary N) is 1. The number of aryl methyl sites for hydroxylation is 2. The van der Waals surface area contributed by atoms with Crippen molar-refractivity contribution in [2.75, 3.05) is 6.61 Å². The van der Waals surface area contributed by atoms with E-state index >= 15 is 0 Å². The van der Waals surface area contributed by atoms with E-state index in [1.807, 2.05) is 13.8 Å². The number of aromatic amines is 1. The zero-order chi connectivity index (χ0) is 9.14. The van der Waals surface area contributed by atoms with Gasteiger partial charge in [-0.2, -0.15) is 0 Å². The highest BCUT2D eigenvalue weighted by atomic mass is 16.3. The number of aromatic nitrogens is 1. The summed E-state index contributed by atoms with van der Waals surface area (Å²) >= 11 is 0. The molecular formula is C9H16N2O. The SMILES string of the molecule is Cc1cc(CC(N)CO)c(C)[nH]1. The third kappa shape index (κ3) is 2.09. The van der Waals surface area contributed by atoms with Gasteiger partial charge < -0.3 is 15.8 Å². The van der Waals surface area contributed by atoms with E-state index in [0.29, 0.717) is 0 Å². The second-order valence-corrected chi connectivity index (χ2v) is 3.25. The number of aliphatic hydroxyl groups excluding tert-OH is 1. The van der Waals surface area contributed by atoms with Gasteiger partial charge in [0.05, 0.1) is 6.61 Å². The van der Waals surface area contributed by atoms with E-state index < -0.39 is 0 Å². The quantitative estimate of drug-likeness (QED) is 0.615. The molecule has 0 amide bonds. The van der Waals surface area contributed by atoms with Crippen LogP contribution in [0.4, 0.5) is 0 Å². The van der Waals surface area contributed by atoms with Crippen LogP contribution in [0, 0.1) is 13.8 Å². The van der Waals surface area contributed by atoms with Gasteiger partial charge in [0.1, 0.15) is 0 Å². The Kier molecular flexibility index (Phi) is 2.89. The molecule has 1 aromatic rings. The number of hydrogen-bond acceptors (Lipinski definition) is 2. The van der Waals surface area contributed by atoms with Gasteiger partial charge in [0.2, 0.25) is 0 Å². The molecule has 1 aromatic heterocycles. The normalized spacial score (nSPS) is 13.3. The minimum absolute atomic E-state index is 0.0453. The highest BCUT2D eigenvalue weighted by Gasteiger charge is 2.06. The topological polar surface area (TPSA) is 62.0 Å². The van der Waals surface area contributed by atoms with Gasteiger partial charge in [0.15, 0.2) is 0 Å². The van der Waals surface area contributed by atoms with Crippen molar-refractivity contribution in [2.24, 2.45) is 5.73 Å². The Morgan fingerprint density at radius 3 is 2.67 bits per heavy atom. The number of hydrogen-bond donors (Lipinski definition) is 3. The fraction of sp³-hybridized carbons (Fsp3) is 0.556. The first-order chi connectivity index (χ1) is 5.63. The van der Waals surface area contributed by atoms with Crippen LogP contribution in [0.2, 0.25) is 0 Å². The summed E-state index contributed by atoms with van der Waals surface area (Å²) < 4.78 is 0. The van der Waals surface area contributed by atoms with E-state index in [0.717, 1.165) is 17.8 Å². The van der Waals surface area contributed by atoms with Crippen LogP contribution >= 0.6 is 0 Å². The van der Waals surface area contributed by atoms with Crippen LogP contribution in [0.15, 0.2) is 6.07 Å². The van der Waals surface area contributed by atoms with Crippen molar-refractivity contribution in [2.45, 2.75) is 26.3 Å². The summed E-state index contributed by atoms with van der Waals surface area (Å²) in [6, 6.07) is 1.93. The molecule has 1 heterocycles. The van der Waals surface area contributed by atoms with Gasteiger partial charge in [-0.1, -0.05) is 0 Å². The Bertz CT molecular complexity index is 255. The first-order valence-corrected chi connectivity index (χ1v) is 4.15. The van der Waals surface area contributed by atoms with Crippen molar-refractivity contribution in [3.63, 3.8) is 0 Å². The van der Waals surface area contributed by atoms with E-state index in [1.54, 1.807) is 0 Å². The molecule has 1 unspecified atom stereocenters. The lowest BCUT2D eigenvalue weighted by molar-refractivity contribution is 0.265. The predicted octanol–water partition coefficient (Wildman–Crippen LogP) is 0.494. The third-order valence-corrected chi connectivity index (χ3v) is 1.97. The molecule has 0 aromatic carbocycles. The maximum Gasteiger partial charge on any atom is 0.0585 e. The molecular weight excluding hydrogens is 152 g/mol. The fourth-order valence-electron chi connectivity index (χ4n) is 1.34. The highest BCUT2D eigenvalue weighted by molar-refractivity contribution is 5.25. The summed E-state index contributed by atoms with van der Waals surface area (Å²) in [5.41, 5.74) is 9.12. The summed E-state index contributed by atoms with van der Waals surface area (Å²) in [4.78, 5) is 3.20. The van der Waals surface area contributed by atoms with Gasteiger partial charge in [-0.25, -0.2) is 0 Å². The molecule has 0 spiro atoms. The number of H-pyrrole nitrogens is 1. The van der Waals surface area contributed by atoms with Crippen LogP contribution in [0.25, 0.3) is 0 Å². The predicted molar refractivity (Wildman–Crippen MR) is 49.0 cm³/mol. The fourth-order valence-corrected chi connectivity index (χ4v) is 1.34. The average molecular weight is 168 g/mol. The molecule has 0 fully saturated rings. The van der Waals surface area contributed by atoms with E-state index in [2.05, 4.69) is 11.1 Å². The highest BCUT2D eigenvalue weighted by Crippen LogP contribution is 2.10. The number of rotatable bonds is 3. The Hall–Kier alpha value is -0.800. The minimum Gasteiger partial charge on any atom is -0.395 e. The smallest absolute Gasteiger partial charge is 0.0585 e. The van der Waals surface area contributed by atoms with Crippen molar-refractivity contribution < 1.29 is 5.11 Å². The molecule has 0 saturated carbocycles. The molecule has 0 aliphatic carbocycles. The average Bonchev–Trinajstić information content (AvgIpc) is 2.30. The molecule has 12 heavy (non-hydrogen) atoms. The van der Waals surface area contributed by atoms with Crippen molar-refractivity contribution in [3.05, 3.63) is 23.0 Å². The maximum atomic E-state index is 8.76. The lowest BCUT2D eigenvalue weighted by Crippen LogP contribution is -2.26. The van der Waals surface area contributed by atoms with Crippen LogP contribution in [-0.2, 0) is 6.42 Å². The number of nitrogens with two attached hydrogens (primary N) is 1. The van der Waals surface area contributed by atoms with Crippen molar-refractivity contribution >= 4 is 0 Å². The first-order valence-electron chi connectivity index (χ1n) is 4.15. The monoisotopic (exact) mass is 168 g/mol. The molecule has 0 aliphatic rings. The maximum absolute atomic E-state index is 8.76. The lowest BCUT2D eigenvalue weighted by atomic mass is 10.1. The molecule has 0 aliphatic heterocycles. The van der Waals surface area contributed by atoms with E-state index in [-0.39, 0.29) is 12.6 Å². The summed E-state index contributed by atoms with van der Waals surface area (Å²) in [6.45, 7) is 4.08. The first kappa shape index (κ1) is 9.29. The van der Waals surface area contributed by atoms with Crippen LogP contribution in [-0.4, -0.2) is 22.7 Å². The van der Waals surface area contributed by atoms with Gasteiger partial charge >= 0.3 is 0 Å². The Balaban J connectivity index is 2.68. The van der Waals surface area contributed by atoms with Crippen molar-refractivity contribution in [1.82, 2.24) is 4.98 Å². The zero-order valence-corrected chi connectivity index (χ0v) is 7.59. The molecule has 0 radical (unpaired) electrons. The summed E-state index contributed by atoms with van der Waals surface area (Å²) in [7, 11) is 0. The van der Waals surface area contributed by atoms with E-state index in [9.17, 15) is 0 Å². The Labute approximate surface area is 72.6 Å².